The van der Waals surface area contributed by atoms with E-state index >= 15 is 0 Å². The maximum atomic E-state index is 13.9. The molecule has 0 spiro atoms. The van der Waals surface area contributed by atoms with E-state index in [-0.39, 0.29) is 11.4 Å². The number of fused-ring (bicyclic) bond motifs is 1. The van der Waals surface area contributed by atoms with E-state index in [0.29, 0.717) is 29.0 Å². The minimum Gasteiger partial charge on any atom is -0.403 e. The molecule has 0 fully saturated rings. The number of imidazole rings is 1. The minimum atomic E-state index is -5.12. The van der Waals surface area contributed by atoms with Crippen LogP contribution >= 0.6 is 0 Å². The van der Waals surface area contributed by atoms with Crippen LogP contribution in [0.15, 0.2) is 77.0 Å². The fourth-order valence-corrected chi connectivity index (χ4v) is 4.27. The van der Waals surface area contributed by atoms with E-state index in [1.54, 1.807) is 23.0 Å². The number of nitrogens with one attached hydrogen (secondary N) is 1. The fourth-order valence-electron chi connectivity index (χ4n) is 3.00. The summed E-state index contributed by atoms with van der Waals surface area (Å²) in [5.41, 5.74) is 0.869. The van der Waals surface area contributed by atoms with Crippen LogP contribution in [-0.4, -0.2) is 35.1 Å². The molecule has 0 bridgehead atoms. The number of rotatable bonds is 6. The second kappa shape index (κ2) is 8.74. The number of carbonyl (C=O) groups excluding carboxylic acids is 1. The highest BCUT2D eigenvalue weighted by Crippen LogP contribution is 2.29. The molecule has 0 unspecified atom stereocenters. The highest BCUT2D eigenvalue weighted by Gasteiger charge is 2.33. The van der Waals surface area contributed by atoms with Crippen LogP contribution in [0.5, 0.6) is 5.75 Å². The lowest BCUT2D eigenvalue weighted by atomic mass is 10.2. The first-order chi connectivity index (χ1) is 16.0. The summed E-state index contributed by atoms with van der Waals surface area (Å²) >= 11 is 0. The molecule has 0 atom stereocenters. The Balaban J connectivity index is 1.45. The molecule has 1 N–H and O–H groups in total. The molecule has 176 valence electrons. The molecule has 1 amide bonds. The van der Waals surface area contributed by atoms with Gasteiger partial charge in [-0.2, -0.15) is 0 Å². The molecule has 8 nitrogen and oxygen atoms in total. The number of sulfone groups is 1. The predicted molar refractivity (Wildman–Crippen MR) is 109 cm³/mol. The Morgan fingerprint density at radius 1 is 1.06 bits per heavy atom. The number of halogens is 4. The van der Waals surface area contributed by atoms with E-state index in [2.05, 4.69) is 20.0 Å². The number of hydrogen-bond donors (Lipinski definition) is 1. The Hall–Kier alpha value is -4.00. The Morgan fingerprint density at radius 2 is 1.76 bits per heavy atom. The van der Waals surface area contributed by atoms with Gasteiger partial charge in [0.25, 0.3) is 5.91 Å². The summed E-state index contributed by atoms with van der Waals surface area (Å²) in [7, 11) is -4.21. The van der Waals surface area contributed by atoms with Crippen LogP contribution in [0.1, 0.15) is 15.9 Å². The van der Waals surface area contributed by atoms with Crippen LogP contribution in [0, 0.1) is 5.82 Å². The summed E-state index contributed by atoms with van der Waals surface area (Å²) in [5.74, 6) is -2.58. The normalized spacial score (nSPS) is 12.0. The van der Waals surface area contributed by atoms with Gasteiger partial charge < -0.3 is 10.1 Å². The van der Waals surface area contributed by atoms with Crippen molar-refractivity contribution < 1.29 is 35.5 Å². The van der Waals surface area contributed by atoms with Gasteiger partial charge in [0.1, 0.15) is 0 Å². The number of benzene rings is 2. The van der Waals surface area contributed by atoms with Crippen molar-refractivity contribution >= 4 is 21.5 Å². The zero-order chi connectivity index (χ0) is 24.5. The zero-order valence-electron chi connectivity index (χ0n) is 17.0. The highest BCUT2D eigenvalue weighted by molar-refractivity contribution is 7.91. The number of amides is 1. The molecule has 2 aromatic carbocycles. The first-order valence-electron chi connectivity index (χ1n) is 9.49. The van der Waals surface area contributed by atoms with Crippen molar-refractivity contribution in [2.75, 3.05) is 0 Å². The Bertz CT molecular complexity index is 1470. The van der Waals surface area contributed by atoms with Crippen LogP contribution in [0.4, 0.5) is 17.6 Å². The van der Waals surface area contributed by atoms with Crippen molar-refractivity contribution in [1.29, 1.82) is 0 Å². The summed E-state index contributed by atoms with van der Waals surface area (Å²) in [6, 6.07) is 7.25. The quantitative estimate of drug-likeness (QED) is 0.412. The van der Waals surface area contributed by atoms with Crippen LogP contribution in [0.3, 0.4) is 0 Å². The third-order valence-electron chi connectivity index (χ3n) is 4.63. The molecule has 0 aliphatic heterocycles. The predicted octanol–water partition coefficient (Wildman–Crippen LogP) is 3.53. The maximum Gasteiger partial charge on any atom is 0.573 e. The molecule has 2 aromatic heterocycles. The SMILES string of the molecule is O=C(NCc1ccc(S(=O)(=O)c2ccc(OC(F)(F)F)c(F)c2)cc1)c1cnc2nccn2c1. The molecule has 0 saturated carbocycles. The molecule has 0 aliphatic carbocycles. The van der Waals surface area contributed by atoms with Crippen LogP contribution < -0.4 is 10.1 Å². The zero-order valence-corrected chi connectivity index (χ0v) is 17.8. The van der Waals surface area contributed by atoms with E-state index in [1.807, 2.05) is 0 Å². The number of aromatic nitrogens is 3. The number of alkyl halides is 3. The van der Waals surface area contributed by atoms with Gasteiger partial charge in [-0.15, -0.1) is 13.2 Å². The Labute approximate surface area is 189 Å². The lowest BCUT2D eigenvalue weighted by Crippen LogP contribution is -2.23. The third kappa shape index (κ3) is 4.98. The van der Waals surface area contributed by atoms with Gasteiger partial charge in [0.15, 0.2) is 11.6 Å². The first kappa shape index (κ1) is 23.2. The number of ether oxygens (including phenoxy) is 1. The molecule has 4 aromatic rings. The molecule has 34 heavy (non-hydrogen) atoms. The molecular weight excluding hydrogens is 480 g/mol. The van der Waals surface area contributed by atoms with E-state index in [0.717, 1.165) is 6.07 Å². The van der Waals surface area contributed by atoms with Gasteiger partial charge in [0.2, 0.25) is 15.6 Å². The molecular formula is C21H14F4N4O4S. The Kier molecular flexibility index (Phi) is 5.96. The van der Waals surface area contributed by atoms with Crippen molar-refractivity contribution in [2.45, 2.75) is 22.7 Å². The van der Waals surface area contributed by atoms with Crippen molar-refractivity contribution in [1.82, 2.24) is 19.7 Å². The van der Waals surface area contributed by atoms with Gasteiger partial charge in [-0.1, -0.05) is 12.1 Å². The van der Waals surface area contributed by atoms with E-state index < -0.39 is 38.6 Å². The van der Waals surface area contributed by atoms with Crippen molar-refractivity contribution in [3.63, 3.8) is 0 Å². The Morgan fingerprint density at radius 3 is 2.44 bits per heavy atom. The lowest BCUT2D eigenvalue weighted by molar-refractivity contribution is -0.275. The second-order valence-electron chi connectivity index (χ2n) is 6.95. The second-order valence-corrected chi connectivity index (χ2v) is 8.90. The highest BCUT2D eigenvalue weighted by atomic mass is 32.2. The minimum absolute atomic E-state index is 0.0826. The molecule has 2 heterocycles. The smallest absolute Gasteiger partial charge is 0.403 e. The first-order valence-corrected chi connectivity index (χ1v) is 11.0. The average Bonchev–Trinajstić information content (AvgIpc) is 3.26. The number of carbonyl (C=O) groups is 1. The van der Waals surface area contributed by atoms with E-state index in [1.165, 1.54) is 30.5 Å². The standard InChI is InChI=1S/C21H14F4N4O4S/c22-17-9-16(5-6-18(17)33-21(23,24)25)34(31,32)15-3-1-13(2-4-15)10-27-19(30)14-11-28-20-26-7-8-29(20)12-14/h1-9,11-12H,10H2,(H,27,30). The summed E-state index contributed by atoms with van der Waals surface area (Å²) < 4.78 is 81.3. The third-order valence-corrected chi connectivity index (χ3v) is 6.40. The van der Waals surface area contributed by atoms with Crippen LogP contribution in [-0.2, 0) is 16.4 Å². The van der Waals surface area contributed by atoms with Gasteiger partial charge in [-0.3, -0.25) is 9.20 Å². The molecule has 0 aliphatic rings. The average molecular weight is 494 g/mol. The summed E-state index contributed by atoms with van der Waals surface area (Å²) in [6.45, 7) is 0.0826. The van der Waals surface area contributed by atoms with Gasteiger partial charge in [0.05, 0.1) is 15.4 Å². The molecule has 0 saturated heterocycles. The fraction of sp³-hybridized carbons (Fsp3) is 0.0952. The maximum absolute atomic E-state index is 13.9. The number of nitrogens with zero attached hydrogens (tertiary/aromatic N) is 3. The van der Waals surface area contributed by atoms with Gasteiger partial charge >= 0.3 is 6.36 Å². The number of hydrogen-bond acceptors (Lipinski definition) is 6. The van der Waals surface area contributed by atoms with Crippen molar-refractivity contribution in [3.05, 3.63) is 84.2 Å². The van der Waals surface area contributed by atoms with Gasteiger partial charge in [-0.05, 0) is 35.9 Å². The monoisotopic (exact) mass is 494 g/mol. The topological polar surface area (TPSA) is 103 Å². The van der Waals surface area contributed by atoms with Crippen LogP contribution in [0.2, 0.25) is 0 Å². The lowest BCUT2D eigenvalue weighted by Gasteiger charge is -2.11. The molecule has 0 radical (unpaired) electrons. The van der Waals surface area contributed by atoms with E-state index in [4.69, 9.17) is 0 Å². The van der Waals surface area contributed by atoms with Gasteiger partial charge in [0, 0.05) is 31.3 Å². The summed E-state index contributed by atoms with van der Waals surface area (Å²) in [6.07, 6.45) is 0.997. The largest absolute Gasteiger partial charge is 0.573 e. The summed E-state index contributed by atoms with van der Waals surface area (Å²) in [5, 5.41) is 2.68. The van der Waals surface area contributed by atoms with E-state index in [9.17, 15) is 30.8 Å². The van der Waals surface area contributed by atoms with Gasteiger partial charge in [-0.25, -0.2) is 22.8 Å². The van der Waals surface area contributed by atoms with Crippen molar-refractivity contribution in [3.8, 4) is 5.75 Å². The summed E-state index contributed by atoms with van der Waals surface area (Å²) in [4.78, 5) is 19.6. The molecule has 13 heteroatoms. The molecule has 4 rings (SSSR count). The van der Waals surface area contributed by atoms with Crippen molar-refractivity contribution in [2.24, 2.45) is 0 Å². The van der Waals surface area contributed by atoms with Crippen LogP contribution in [0.25, 0.3) is 5.78 Å².